The molecule has 5 heteroatoms. The number of nitrogens with zero attached hydrogens (tertiary/aromatic N) is 2. The zero-order chi connectivity index (χ0) is 18.3. The number of hydrogen-bond acceptors (Lipinski definition) is 4. The van der Waals surface area contributed by atoms with E-state index in [-0.39, 0.29) is 0 Å². The summed E-state index contributed by atoms with van der Waals surface area (Å²) in [5, 5.41) is 0. The molecule has 2 aromatic carbocycles. The van der Waals surface area contributed by atoms with Crippen LogP contribution in [0.25, 0.3) is 26.7 Å². The Kier molecular flexibility index (Phi) is 4.26. The maximum Gasteiger partial charge on any atom is 0.195 e. The molecule has 0 unspecified atom stereocenters. The highest BCUT2D eigenvalue weighted by atomic mass is 32.1. The molecular weight excluding hydrogens is 342 g/mol. The van der Waals surface area contributed by atoms with Gasteiger partial charge in [0.25, 0.3) is 0 Å². The first-order valence-electron chi connectivity index (χ1n) is 8.54. The first kappa shape index (κ1) is 16.8. The van der Waals surface area contributed by atoms with E-state index in [1.807, 2.05) is 18.2 Å². The average Bonchev–Trinajstić information content (AvgIpc) is 3.19. The molecule has 26 heavy (non-hydrogen) atoms. The van der Waals surface area contributed by atoms with E-state index >= 15 is 0 Å². The lowest BCUT2D eigenvalue weighted by atomic mass is 9.98. The van der Waals surface area contributed by atoms with Gasteiger partial charge in [-0.05, 0) is 42.7 Å². The van der Waals surface area contributed by atoms with Crippen molar-refractivity contribution in [2.45, 2.75) is 20.4 Å². The van der Waals surface area contributed by atoms with Gasteiger partial charge < -0.3 is 10.5 Å². The van der Waals surface area contributed by atoms with Crippen molar-refractivity contribution in [2.24, 2.45) is 5.73 Å². The van der Waals surface area contributed by atoms with Crippen LogP contribution in [0.2, 0.25) is 0 Å². The van der Waals surface area contributed by atoms with E-state index in [0.717, 1.165) is 38.8 Å². The Balaban J connectivity index is 1.89. The minimum absolute atomic E-state index is 0.437. The second kappa shape index (κ2) is 6.59. The standard InChI is InChI=1S/C21H21N3OS/c1-13-9-16(25-3)10-14(2)19(13)20-17(11-22)24-12-18(26-21(24)23-20)15-7-5-4-6-8-15/h4-10,12H,11,22H2,1-3H3. The van der Waals surface area contributed by atoms with Crippen LogP contribution in [-0.4, -0.2) is 16.5 Å². The van der Waals surface area contributed by atoms with Gasteiger partial charge in [-0.1, -0.05) is 41.7 Å². The number of methoxy groups -OCH3 is 1. The molecule has 0 spiro atoms. The number of fused-ring (bicyclic) bond motifs is 1. The second-order valence-electron chi connectivity index (χ2n) is 6.36. The highest BCUT2D eigenvalue weighted by Gasteiger charge is 2.19. The van der Waals surface area contributed by atoms with Gasteiger partial charge in [-0.25, -0.2) is 4.98 Å². The number of hydrogen-bond donors (Lipinski definition) is 1. The van der Waals surface area contributed by atoms with Crippen LogP contribution in [0.5, 0.6) is 5.75 Å². The van der Waals surface area contributed by atoms with Crippen molar-refractivity contribution in [3.63, 3.8) is 0 Å². The third-order valence-electron chi connectivity index (χ3n) is 4.66. The Bertz CT molecular complexity index is 1060. The Hall–Kier alpha value is -2.63. The molecule has 0 bridgehead atoms. The predicted molar refractivity (Wildman–Crippen MR) is 108 cm³/mol. The van der Waals surface area contributed by atoms with Crippen molar-refractivity contribution in [2.75, 3.05) is 7.11 Å². The van der Waals surface area contributed by atoms with Crippen molar-refractivity contribution in [3.05, 3.63) is 65.5 Å². The second-order valence-corrected chi connectivity index (χ2v) is 7.37. The van der Waals surface area contributed by atoms with E-state index in [4.69, 9.17) is 15.5 Å². The summed E-state index contributed by atoms with van der Waals surface area (Å²) in [7, 11) is 1.69. The van der Waals surface area contributed by atoms with Gasteiger partial charge in [-0.15, -0.1) is 0 Å². The predicted octanol–water partition coefficient (Wildman–Crippen LogP) is 4.81. The smallest absolute Gasteiger partial charge is 0.195 e. The van der Waals surface area contributed by atoms with Crippen LogP contribution in [0.15, 0.2) is 48.7 Å². The van der Waals surface area contributed by atoms with E-state index in [0.29, 0.717) is 6.54 Å². The summed E-state index contributed by atoms with van der Waals surface area (Å²) in [6.45, 7) is 4.62. The Morgan fingerprint density at radius 2 is 1.81 bits per heavy atom. The lowest BCUT2D eigenvalue weighted by Gasteiger charge is -2.12. The molecule has 2 N–H and O–H groups in total. The molecule has 2 heterocycles. The molecule has 0 radical (unpaired) electrons. The number of imidazole rings is 1. The van der Waals surface area contributed by atoms with Gasteiger partial charge in [0.2, 0.25) is 0 Å². The maximum absolute atomic E-state index is 6.12. The van der Waals surface area contributed by atoms with E-state index < -0.39 is 0 Å². The van der Waals surface area contributed by atoms with Crippen LogP contribution >= 0.6 is 11.3 Å². The van der Waals surface area contributed by atoms with Crippen LogP contribution in [-0.2, 0) is 6.54 Å². The molecule has 0 saturated heterocycles. The van der Waals surface area contributed by atoms with E-state index in [9.17, 15) is 0 Å². The van der Waals surface area contributed by atoms with Gasteiger partial charge in [0.15, 0.2) is 4.96 Å². The lowest BCUT2D eigenvalue weighted by Crippen LogP contribution is -2.03. The van der Waals surface area contributed by atoms with Crippen LogP contribution < -0.4 is 10.5 Å². The summed E-state index contributed by atoms with van der Waals surface area (Å²) in [6.07, 6.45) is 2.14. The SMILES string of the molecule is COc1cc(C)c(-c2nc3sc(-c4ccccc4)cn3c2CN)c(C)c1. The van der Waals surface area contributed by atoms with Gasteiger partial charge >= 0.3 is 0 Å². The Morgan fingerprint density at radius 1 is 1.12 bits per heavy atom. The molecule has 4 aromatic rings. The average molecular weight is 363 g/mol. The minimum Gasteiger partial charge on any atom is -0.497 e. The highest BCUT2D eigenvalue weighted by Crippen LogP contribution is 2.36. The van der Waals surface area contributed by atoms with E-state index in [1.165, 1.54) is 10.4 Å². The zero-order valence-corrected chi connectivity index (χ0v) is 15.9. The largest absolute Gasteiger partial charge is 0.497 e. The topological polar surface area (TPSA) is 52.5 Å². The first-order chi connectivity index (χ1) is 12.6. The molecule has 2 aromatic heterocycles. The number of aromatic nitrogens is 2. The molecule has 132 valence electrons. The summed E-state index contributed by atoms with van der Waals surface area (Å²) in [6, 6.07) is 14.5. The first-order valence-corrected chi connectivity index (χ1v) is 9.36. The number of ether oxygens (including phenoxy) is 1. The highest BCUT2D eigenvalue weighted by molar-refractivity contribution is 7.20. The van der Waals surface area contributed by atoms with Gasteiger partial charge in [-0.3, -0.25) is 4.40 Å². The minimum atomic E-state index is 0.437. The van der Waals surface area contributed by atoms with Gasteiger partial charge in [0.1, 0.15) is 5.75 Å². The fourth-order valence-corrected chi connectivity index (χ4v) is 4.44. The molecule has 0 atom stereocenters. The third-order valence-corrected chi connectivity index (χ3v) is 5.69. The molecule has 0 aliphatic rings. The fourth-order valence-electron chi connectivity index (χ4n) is 3.44. The van der Waals surface area contributed by atoms with Crippen LogP contribution in [0.1, 0.15) is 16.8 Å². The van der Waals surface area contributed by atoms with Crippen LogP contribution in [0.3, 0.4) is 0 Å². The molecule has 0 aliphatic carbocycles. The molecule has 0 saturated carbocycles. The van der Waals surface area contributed by atoms with Crippen LogP contribution in [0, 0.1) is 13.8 Å². The van der Waals surface area contributed by atoms with Crippen molar-refractivity contribution < 1.29 is 4.74 Å². The monoisotopic (exact) mass is 363 g/mol. The van der Waals surface area contributed by atoms with Crippen molar-refractivity contribution in [3.8, 4) is 27.4 Å². The van der Waals surface area contributed by atoms with E-state index in [1.54, 1.807) is 18.4 Å². The number of aryl methyl sites for hydroxylation is 2. The van der Waals surface area contributed by atoms with E-state index in [2.05, 4.69) is 48.7 Å². The molecule has 4 nitrogen and oxygen atoms in total. The quantitative estimate of drug-likeness (QED) is 0.566. The van der Waals surface area contributed by atoms with Crippen LogP contribution in [0.4, 0.5) is 0 Å². The van der Waals surface area contributed by atoms with Crippen molar-refractivity contribution >= 4 is 16.3 Å². The summed E-state index contributed by atoms with van der Waals surface area (Å²) >= 11 is 1.69. The molecule has 0 fully saturated rings. The summed E-state index contributed by atoms with van der Waals surface area (Å²) in [5.41, 5.74) is 12.8. The molecule has 4 rings (SSSR count). The molecule has 0 amide bonds. The lowest BCUT2D eigenvalue weighted by molar-refractivity contribution is 0.414. The summed E-state index contributed by atoms with van der Waals surface area (Å²) in [5.74, 6) is 0.866. The number of benzene rings is 2. The number of rotatable bonds is 4. The third kappa shape index (κ3) is 2.69. The van der Waals surface area contributed by atoms with Gasteiger partial charge in [0, 0.05) is 18.3 Å². The maximum atomic E-state index is 6.12. The summed E-state index contributed by atoms with van der Waals surface area (Å²) in [4.78, 5) is 7.10. The Labute approximate surface area is 156 Å². The zero-order valence-electron chi connectivity index (χ0n) is 15.1. The van der Waals surface area contributed by atoms with Crippen molar-refractivity contribution in [1.29, 1.82) is 0 Å². The Morgan fingerprint density at radius 3 is 2.42 bits per heavy atom. The fraction of sp³-hybridized carbons (Fsp3) is 0.190. The van der Waals surface area contributed by atoms with Crippen molar-refractivity contribution in [1.82, 2.24) is 9.38 Å². The molecular formula is C21H21N3OS. The number of nitrogens with two attached hydrogens (primary N) is 1. The number of thiazole rings is 1. The van der Waals surface area contributed by atoms with Gasteiger partial charge in [0.05, 0.1) is 23.4 Å². The van der Waals surface area contributed by atoms with Gasteiger partial charge in [-0.2, -0.15) is 0 Å². The normalized spacial score (nSPS) is 11.2. The summed E-state index contributed by atoms with van der Waals surface area (Å²) < 4.78 is 7.51. The molecule has 0 aliphatic heterocycles.